The monoisotopic (exact) mass is 516 g/mol. The van der Waals surface area contributed by atoms with Crippen LogP contribution >= 0.6 is 7.60 Å². The molecule has 0 aliphatic rings. The molecule has 0 bridgehead atoms. The molecule has 35 heavy (non-hydrogen) atoms. The first kappa shape index (κ1) is 34.2. The van der Waals surface area contributed by atoms with Crippen LogP contribution < -0.4 is 0 Å². The molecule has 8 heteroatoms. The van der Waals surface area contributed by atoms with Crippen LogP contribution in [0.1, 0.15) is 102 Å². The number of hydroxylamine groups is 4. The number of benzene rings is 1. The van der Waals surface area contributed by atoms with Gasteiger partial charge in [-0.25, -0.2) is 0 Å². The second kappa shape index (κ2) is 13.7. The highest BCUT2D eigenvalue weighted by atomic mass is 31.2. The van der Waals surface area contributed by atoms with Crippen molar-refractivity contribution in [1.29, 1.82) is 0 Å². The molecular weight excluding hydrogens is 463 g/mol. The first-order chi connectivity index (χ1) is 15.7. The Morgan fingerprint density at radius 1 is 0.800 bits per heavy atom. The summed E-state index contributed by atoms with van der Waals surface area (Å²) >= 11 is 0. The van der Waals surface area contributed by atoms with Crippen molar-refractivity contribution < 1.29 is 24.0 Å². The molecule has 0 heterocycles. The minimum Gasteiger partial charge on any atom is -0.313 e. The van der Waals surface area contributed by atoms with Crippen LogP contribution in [-0.4, -0.2) is 50.6 Å². The Bertz CT molecular complexity index is 757. The molecule has 1 aromatic carbocycles. The quantitative estimate of drug-likeness (QED) is 0.254. The topological polar surface area (TPSA) is 82.5 Å². The maximum atomic E-state index is 13.0. The molecule has 0 aliphatic heterocycles. The largest absolute Gasteiger partial charge is 0.350 e. The Morgan fingerprint density at radius 2 is 1.20 bits per heavy atom. The number of nitrogens with zero attached hydrogens (tertiary/aromatic N) is 2. The standard InChI is InChI=1S/C14H23NO.C13H30NO4P/c1-11(2)13(15(16)14(3,4)5)12-9-7-6-8-10-12;1-9-17-19(16,18-10-2)11(12(3,4)5)14(15)13(6,7)8/h6-11,13,16H,1-5H3;11,15H,9-10H2,1-8H3. The minimum absolute atomic E-state index is 0.0428. The Labute approximate surface area is 215 Å². The molecule has 7 nitrogen and oxygen atoms in total. The molecule has 0 fully saturated rings. The normalized spacial score (nSPS) is 15.3. The van der Waals surface area contributed by atoms with Crippen LogP contribution in [0.25, 0.3) is 0 Å². The molecule has 0 saturated heterocycles. The molecule has 2 unspecified atom stereocenters. The average molecular weight is 517 g/mol. The lowest BCUT2D eigenvalue weighted by atomic mass is 9.92. The van der Waals surface area contributed by atoms with E-state index < -0.39 is 24.3 Å². The van der Waals surface area contributed by atoms with Crippen molar-refractivity contribution in [2.24, 2.45) is 11.3 Å². The van der Waals surface area contributed by atoms with Crippen LogP contribution in [0, 0.1) is 11.3 Å². The van der Waals surface area contributed by atoms with Gasteiger partial charge >= 0.3 is 7.60 Å². The van der Waals surface area contributed by atoms with E-state index >= 15 is 0 Å². The summed E-state index contributed by atoms with van der Waals surface area (Å²) in [6.45, 7) is 25.7. The van der Waals surface area contributed by atoms with Crippen LogP contribution in [0.15, 0.2) is 30.3 Å². The highest BCUT2D eigenvalue weighted by Crippen LogP contribution is 2.60. The predicted molar refractivity (Wildman–Crippen MR) is 145 cm³/mol. The third kappa shape index (κ3) is 10.6. The van der Waals surface area contributed by atoms with Crippen molar-refractivity contribution in [3.8, 4) is 0 Å². The van der Waals surface area contributed by atoms with Gasteiger partial charge < -0.3 is 19.5 Å². The Balaban J connectivity index is 0.000000669. The molecule has 206 valence electrons. The van der Waals surface area contributed by atoms with Gasteiger partial charge in [0.2, 0.25) is 0 Å². The maximum absolute atomic E-state index is 13.0. The van der Waals surface area contributed by atoms with Crippen LogP contribution in [0.5, 0.6) is 0 Å². The lowest BCUT2D eigenvalue weighted by molar-refractivity contribution is -0.199. The molecule has 2 atom stereocenters. The van der Waals surface area contributed by atoms with E-state index in [0.717, 1.165) is 10.6 Å². The van der Waals surface area contributed by atoms with Gasteiger partial charge in [-0.15, -0.1) is 0 Å². The lowest BCUT2D eigenvalue weighted by Crippen LogP contribution is -2.51. The smallest absolute Gasteiger partial charge is 0.313 e. The molecule has 2 N–H and O–H groups in total. The van der Waals surface area contributed by atoms with Gasteiger partial charge in [0.25, 0.3) is 0 Å². The summed E-state index contributed by atoms with van der Waals surface area (Å²) < 4.78 is 23.8. The minimum atomic E-state index is -3.43. The third-order valence-electron chi connectivity index (χ3n) is 5.33. The van der Waals surface area contributed by atoms with Crippen LogP contribution in [-0.2, 0) is 13.6 Å². The van der Waals surface area contributed by atoms with Gasteiger partial charge in [0.15, 0.2) is 0 Å². The van der Waals surface area contributed by atoms with Crippen LogP contribution in [0.3, 0.4) is 0 Å². The van der Waals surface area contributed by atoms with E-state index in [4.69, 9.17) is 9.05 Å². The molecule has 0 amide bonds. The van der Waals surface area contributed by atoms with Gasteiger partial charge in [0, 0.05) is 11.1 Å². The van der Waals surface area contributed by atoms with Crippen molar-refractivity contribution >= 4 is 7.60 Å². The van der Waals surface area contributed by atoms with E-state index in [1.807, 2.05) is 80.5 Å². The molecule has 1 aromatic rings. The van der Waals surface area contributed by atoms with E-state index in [1.54, 1.807) is 13.8 Å². The molecule has 0 spiro atoms. The zero-order valence-electron chi connectivity index (χ0n) is 24.5. The van der Waals surface area contributed by atoms with Crippen molar-refractivity contribution in [3.05, 3.63) is 35.9 Å². The SMILES string of the molecule is CC(C)C(c1ccccc1)N(O)C(C)(C)C.CCOP(=O)(OCC)C(N(O)C(C)(C)C)C(C)(C)C. The second-order valence-corrected chi connectivity index (χ2v) is 14.3. The summed E-state index contributed by atoms with van der Waals surface area (Å²) in [6, 6.07) is 10.2. The summed E-state index contributed by atoms with van der Waals surface area (Å²) in [5, 5.41) is 23.3. The van der Waals surface area contributed by atoms with E-state index in [0.29, 0.717) is 5.92 Å². The van der Waals surface area contributed by atoms with E-state index in [-0.39, 0.29) is 24.8 Å². The van der Waals surface area contributed by atoms with Gasteiger partial charge in [-0.05, 0) is 72.3 Å². The van der Waals surface area contributed by atoms with Gasteiger partial charge in [-0.2, -0.15) is 10.1 Å². The molecule has 0 radical (unpaired) electrons. The lowest BCUT2D eigenvalue weighted by Gasteiger charge is -2.44. The Morgan fingerprint density at radius 3 is 1.49 bits per heavy atom. The van der Waals surface area contributed by atoms with Crippen LogP contribution in [0.4, 0.5) is 0 Å². The highest BCUT2D eigenvalue weighted by Gasteiger charge is 2.50. The third-order valence-corrected chi connectivity index (χ3v) is 8.16. The van der Waals surface area contributed by atoms with Crippen molar-refractivity contribution in [1.82, 2.24) is 10.1 Å². The predicted octanol–water partition coefficient (Wildman–Crippen LogP) is 7.99. The van der Waals surface area contributed by atoms with Crippen molar-refractivity contribution in [2.75, 3.05) is 13.2 Å². The second-order valence-electron chi connectivity index (χ2n) is 12.2. The van der Waals surface area contributed by atoms with Gasteiger partial charge in [-0.3, -0.25) is 4.57 Å². The van der Waals surface area contributed by atoms with E-state index in [2.05, 4.69) is 26.0 Å². The maximum Gasteiger partial charge on any atom is 0.350 e. The molecular formula is C27H53N2O5P. The fraction of sp³-hybridized carbons (Fsp3) is 0.778. The zero-order valence-corrected chi connectivity index (χ0v) is 25.4. The highest BCUT2D eigenvalue weighted by molar-refractivity contribution is 7.54. The molecule has 0 aliphatic carbocycles. The van der Waals surface area contributed by atoms with Gasteiger partial charge in [0.05, 0.1) is 19.3 Å². The van der Waals surface area contributed by atoms with E-state index in [1.165, 1.54) is 5.06 Å². The number of rotatable bonds is 9. The Kier molecular flexibility index (Phi) is 13.4. The van der Waals surface area contributed by atoms with Crippen molar-refractivity contribution in [2.45, 2.75) is 113 Å². The molecule has 1 rings (SSSR count). The number of hydrogen-bond donors (Lipinski definition) is 2. The summed E-state index contributed by atoms with van der Waals surface area (Å²) in [5.74, 6) is -0.355. The molecule has 0 aromatic heterocycles. The van der Waals surface area contributed by atoms with E-state index in [9.17, 15) is 15.0 Å². The number of hydrogen-bond acceptors (Lipinski definition) is 7. The zero-order chi connectivity index (χ0) is 27.8. The first-order valence-corrected chi connectivity index (χ1v) is 14.2. The Hall–Kier alpha value is -0.790. The van der Waals surface area contributed by atoms with Crippen LogP contribution in [0.2, 0.25) is 0 Å². The van der Waals surface area contributed by atoms with Crippen molar-refractivity contribution in [3.63, 3.8) is 0 Å². The summed E-state index contributed by atoms with van der Waals surface area (Å²) in [4.78, 5) is 0. The summed E-state index contributed by atoms with van der Waals surface area (Å²) in [5.41, 5.74) is -0.0935. The van der Waals surface area contributed by atoms with Gasteiger partial charge in [-0.1, -0.05) is 65.0 Å². The summed E-state index contributed by atoms with van der Waals surface area (Å²) in [6.07, 6.45) is 0. The molecule has 0 saturated carbocycles. The fourth-order valence-electron chi connectivity index (χ4n) is 3.76. The average Bonchev–Trinajstić information content (AvgIpc) is 2.67. The first-order valence-electron chi connectivity index (χ1n) is 12.6. The summed E-state index contributed by atoms with van der Waals surface area (Å²) in [7, 11) is -3.43. The fourth-order valence-corrected chi connectivity index (χ4v) is 6.40. The van der Waals surface area contributed by atoms with Gasteiger partial charge in [0.1, 0.15) is 5.78 Å².